The molecule has 0 saturated carbocycles. The predicted molar refractivity (Wildman–Crippen MR) is 235 cm³/mol. The van der Waals surface area contributed by atoms with Crippen molar-refractivity contribution in [3.05, 3.63) is 12.7 Å². The molecule has 0 N–H and O–H groups in total. The first kappa shape index (κ1) is 48.0. The molecule has 6 rings (SSSR count). The maximum absolute atomic E-state index is 7.85. The summed E-state index contributed by atoms with van der Waals surface area (Å²) < 4.78 is 93.8. The van der Waals surface area contributed by atoms with Crippen molar-refractivity contribution in [3.8, 4) is 0 Å². The minimum atomic E-state index is -3.88. The van der Waals surface area contributed by atoms with E-state index < -0.39 is 70.4 Å². The molecule has 0 spiro atoms. The van der Waals surface area contributed by atoms with Crippen molar-refractivity contribution in [1.29, 1.82) is 0 Å². The first-order valence-corrected chi connectivity index (χ1v) is 37.4. The maximum Gasteiger partial charge on any atom is 0.479 e. The highest BCUT2D eigenvalue weighted by atomic mass is 28.6. The fraction of sp³-hybridized carbons (Fsp3) is 0.944. The van der Waals surface area contributed by atoms with E-state index in [9.17, 15) is 0 Å². The van der Waals surface area contributed by atoms with Crippen molar-refractivity contribution in [2.75, 3.05) is 0 Å². The Morgan fingerprint density at radius 3 is 0.696 bits per heavy atom. The molecule has 6 saturated heterocycles. The zero-order chi connectivity index (χ0) is 41.4. The number of rotatable bonds is 21. The predicted octanol–water partition coefficient (Wildman–Crippen LogP) is 10.5. The highest BCUT2D eigenvalue weighted by Crippen LogP contribution is 2.56. The second kappa shape index (κ2) is 18.4. The Labute approximate surface area is 349 Å². The molecule has 0 amide bonds. The van der Waals surface area contributed by atoms with Crippen LogP contribution in [0.25, 0.3) is 0 Å². The summed E-state index contributed by atoms with van der Waals surface area (Å²) in [6.45, 7) is 34.5. The van der Waals surface area contributed by atoms with Gasteiger partial charge in [0.15, 0.2) is 0 Å². The van der Waals surface area contributed by atoms with Crippen LogP contribution in [0.2, 0.25) is 48.4 Å². The Kier molecular flexibility index (Phi) is 15.8. The van der Waals surface area contributed by atoms with Gasteiger partial charge in [-0.2, -0.15) is 0 Å². The lowest BCUT2D eigenvalue weighted by Crippen LogP contribution is -2.88. The third-order valence-electron chi connectivity index (χ3n) is 9.98. The van der Waals surface area contributed by atoms with Crippen molar-refractivity contribution in [3.63, 3.8) is 0 Å². The lowest BCUT2D eigenvalue weighted by molar-refractivity contribution is -0.0341. The van der Waals surface area contributed by atoms with E-state index >= 15 is 0 Å². The Balaban J connectivity index is 1.90. The topological polar surface area (TPSA) is 111 Å². The van der Waals surface area contributed by atoms with E-state index in [2.05, 4.69) is 104 Å². The molecule has 6 aliphatic heterocycles. The van der Waals surface area contributed by atoms with E-state index in [1.807, 2.05) is 6.08 Å². The van der Waals surface area contributed by atoms with E-state index in [1.54, 1.807) is 0 Å². The molecule has 6 fully saturated rings. The fourth-order valence-electron chi connectivity index (χ4n) is 8.85. The van der Waals surface area contributed by atoms with Crippen LogP contribution in [-0.4, -0.2) is 70.4 Å². The Hall–Kier alpha value is 0.995. The quantitative estimate of drug-likeness (QED) is 0.0621. The van der Waals surface area contributed by atoms with Gasteiger partial charge in [0, 0.05) is 48.4 Å². The monoisotopic (exact) mass is 926 g/mol. The Bertz CT molecular complexity index is 1170. The molecule has 0 aliphatic carbocycles. The molecule has 0 aromatic heterocycles. The summed E-state index contributed by atoms with van der Waals surface area (Å²) in [5.41, 5.74) is 0. The Morgan fingerprint density at radius 1 is 0.304 bits per heavy atom. The first-order chi connectivity index (χ1) is 26.0. The van der Waals surface area contributed by atoms with Crippen molar-refractivity contribution >= 4 is 70.4 Å². The summed E-state index contributed by atoms with van der Waals surface area (Å²) in [5.74, 6) is 1.01. The largest absolute Gasteiger partial charge is 0.479 e. The second-order valence-corrected chi connectivity index (χ2v) is 44.2. The lowest BCUT2D eigenvalue weighted by Gasteiger charge is -2.64. The number of hydrogen-bond acceptors (Lipinski definition) is 12. The molecular formula is C36H78O12Si8. The fourth-order valence-corrected chi connectivity index (χ4v) is 60.5. The van der Waals surface area contributed by atoms with E-state index in [0.29, 0.717) is 48.4 Å². The summed E-state index contributed by atoms with van der Waals surface area (Å²) in [4.78, 5) is 0. The molecule has 0 aromatic carbocycles. The normalized spacial score (nSPS) is 39.7. The van der Waals surface area contributed by atoms with Gasteiger partial charge in [0.25, 0.3) is 0 Å². The van der Waals surface area contributed by atoms with Crippen LogP contribution >= 0.6 is 0 Å². The van der Waals surface area contributed by atoms with Gasteiger partial charge < -0.3 is 49.4 Å². The maximum atomic E-state index is 7.85. The van der Waals surface area contributed by atoms with Crippen molar-refractivity contribution in [2.45, 2.75) is 177 Å². The second-order valence-electron chi connectivity index (χ2n) is 20.1. The number of unbranched alkanes of at least 4 members (excludes halogenated alkanes) is 4. The standard InChI is InChI=1S/C36H78O12Si8/c1-16-17-18-19-20-21-22-49-37-50(23-30(2)3)40-53(26-33(8)9)42-51(38-49,24-31(4)5)44-55(28-35(12)13)45-52(39-49,25-32(6)7)43-54(41-50,27-34(10)11)47-56(46-53,48-55)29-36(14)15/h16,30-36H,1,17-29H2,2-15H3. The minimum Gasteiger partial charge on any atom is -0.373 e. The van der Waals surface area contributed by atoms with Crippen LogP contribution in [0.5, 0.6) is 0 Å². The van der Waals surface area contributed by atoms with E-state index in [1.165, 1.54) is 0 Å². The van der Waals surface area contributed by atoms with Gasteiger partial charge in [-0.25, -0.2) is 0 Å². The average Bonchev–Trinajstić information content (AvgIpc) is 2.92. The molecule has 0 aromatic rings. The van der Waals surface area contributed by atoms with Gasteiger partial charge in [-0.1, -0.05) is 116 Å². The molecule has 20 heteroatoms. The molecule has 12 nitrogen and oxygen atoms in total. The summed E-state index contributed by atoms with van der Waals surface area (Å²) in [6, 6.07) is 4.12. The van der Waals surface area contributed by atoms with Crippen LogP contribution in [0, 0.1) is 41.4 Å². The van der Waals surface area contributed by atoms with Gasteiger partial charge in [-0.3, -0.25) is 0 Å². The zero-order valence-corrected chi connectivity index (χ0v) is 45.4. The van der Waals surface area contributed by atoms with Gasteiger partial charge in [-0.05, 0) is 60.7 Å². The van der Waals surface area contributed by atoms with Gasteiger partial charge in [0.2, 0.25) is 0 Å². The molecule has 0 radical (unpaired) electrons. The van der Waals surface area contributed by atoms with Crippen LogP contribution < -0.4 is 0 Å². The molecule has 8 bridgehead atoms. The van der Waals surface area contributed by atoms with Crippen molar-refractivity contribution < 1.29 is 49.4 Å². The number of allylic oxidation sites excluding steroid dienone is 1. The van der Waals surface area contributed by atoms with Crippen LogP contribution in [0.15, 0.2) is 12.7 Å². The summed E-state index contributed by atoms with van der Waals surface area (Å²) in [7, 11) is -31.0. The van der Waals surface area contributed by atoms with Gasteiger partial charge >= 0.3 is 70.4 Å². The van der Waals surface area contributed by atoms with E-state index in [-0.39, 0.29) is 41.4 Å². The first-order valence-electron chi connectivity index (χ1n) is 22.0. The van der Waals surface area contributed by atoms with Gasteiger partial charge in [0.05, 0.1) is 0 Å². The molecule has 326 valence electrons. The van der Waals surface area contributed by atoms with Crippen LogP contribution in [-0.2, 0) is 49.4 Å². The lowest BCUT2D eigenvalue weighted by atomic mass is 10.1. The summed E-state index contributed by atoms with van der Waals surface area (Å²) in [6.07, 6.45) is 6.96. The Morgan fingerprint density at radius 2 is 0.500 bits per heavy atom. The molecule has 6 heterocycles. The van der Waals surface area contributed by atoms with Gasteiger partial charge in [0.1, 0.15) is 0 Å². The highest BCUT2D eigenvalue weighted by Gasteiger charge is 2.83. The SMILES string of the molecule is C=CCCCCCC[Si]12O[Si]3(CC(C)C)O[Si]4(CC(C)C)O[Si](CC(C)C)(O1)O[Si]1(CC(C)C)O[Si](CC(C)C)(O2)O[Si](CC(C)C)(O3)O[Si](CC(C)C)(O4)O1. The smallest absolute Gasteiger partial charge is 0.373 e. The van der Waals surface area contributed by atoms with Gasteiger partial charge in [-0.15, -0.1) is 6.58 Å². The van der Waals surface area contributed by atoms with Crippen LogP contribution in [0.3, 0.4) is 0 Å². The highest BCUT2D eigenvalue weighted by molar-refractivity contribution is 7.03. The van der Waals surface area contributed by atoms with Crippen molar-refractivity contribution in [1.82, 2.24) is 0 Å². The van der Waals surface area contributed by atoms with Crippen molar-refractivity contribution in [2.24, 2.45) is 41.4 Å². The zero-order valence-electron chi connectivity index (χ0n) is 37.4. The minimum absolute atomic E-state index is 0.144. The molecule has 6 aliphatic rings. The van der Waals surface area contributed by atoms with E-state index in [0.717, 1.165) is 32.1 Å². The molecule has 56 heavy (non-hydrogen) atoms. The van der Waals surface area contributed by atoms with Crippen LogP contribution in [0.4, 0.5) is 0 Å². The average molecular weight is 928 g/mol. The molecule has 0 atom stereocenters. The summed E-state index contributed by atoms with van der Waals surface area (Å²) >= 11 is 0. The van der Waals surface area contributed by atoms with Crippen LogP contribution in [0.1, 0.15) is 129 Å². The summed E-state index contributed by atoms with van der Waals surface area (Å²) in [5, 5.41) is 0. The molecule has 0 unspecified atom stereocenters. The number of hydrogen-bond donors (Lipinski definition) is 0. The third-order valence-corrected chi connectivity index (χ3v) is 50.0. The third kappa shape index (κ3) is 11.7. The van der Waals surface area contributed by atoms with E-state index in [4.69, 9.17) is 49.4 Å². The molecular weight excluding hydrogens is 849 g/mol.